The highest BCUT2D eigenvalue weighted by atomic mass is 35.5. The van der Waals surface area contributed by atoms with Crippen molar-refractivity contribution in [3.63, 3.8) is 0 Å². The molecule has 0 aromatic heterocycles. The van der Waals surface area contributed by atoms with Crippen LogP contribution < -0.4 is 20.9 Å². The third-order valence-corrected chi connectivity index (χ3v) is 4.09. The van der Waals surface area contributed by atoms with E-state index >= 15 is 0 Å². The predicted molar refractivity (Wildman–Crippen MR) is 107 cm³/mol. The molecule has 0 saturated carbocycles. The fraction of sp³-hybridized carbons (Fsp3) is 0.263. The minimum absolute atomic E-state index is 0.170. The Balaban J connectivity index is 1.75. The second kappa shape index (κ2) is 10.2. The molecule has 0 unspecified atom stereocenters. The quantitative estimate of drug-likeness (QED) is 0.582. The van der Waals surface area contributed by atoms with Crippen LogP contribution in [0.2, 0.25) is 10.0 Å². The van der Waals surface area contributed by atoms with Gasteiger partial charge in [0, 0.05) is 15.7 Å². The number of hydrazine groups is 1. The molecule has 0 heterocycles. The van der Waals surface area contributed by atoms with Gasteiger partial charge in [-0.2, -0.15) is 0 Å². The number of aryl methyl sites for hydroxylation is 1. The minimum Gasteiger partial charge on any atom is -0.484 e. The van der Waals surface area contributed by atoms with Crippen molar-refractivity contribution in [3.05, 3.63) is 58.1 Å². The van der Waals surface area contributed by atoms with Crippen LogP contribution in [-0.2, 0) is 16.0 Å². The van der Waals surface area contributed by atoms with E-state index in [9.17, 15) is 9.59 Å². The van der Waals surface area contributed by atoms with E-state index in [1.54, 1.807) is 25.1 Å². The molecule has 0 aliphatic carbocycles. The van der Waals surface area contributed by atoms with Gasteiger partial charge < -0.3 is 10.1 Å². The highest BCUT2D eigenvalue weighted by Crippen LogP contribution is 2.22. The normalized spacial score (nSPS) is 11.6. The molecule has 0 spiro atoms. The van der Waals surface area contributed by atoms with Gasteiger partial charge >= 0.3 is 0 Å². The molecule has 6 nitrogen and oxygen atoms in total. The van der Waals surface area contributed by atoms with Gasteiger partial charge in [0.05, 0.1) is 0 Å². The maximum atomic E-state index is 12.1. The van der Waals surface area contributed by atoms with Gasteiger partial charge in [-0.3, -0.25) is 15.0 Å². The molecule has 3 N–H and O–H groups in total. The Morgan fingerprint density at radius 1 is 1.07 bits per heavy atom. The van der Waals surface area contributed by atoms with Crippen LogP contribution in [0.3, 0.4) is 0 Å². The predicted octanol–water partition coefficient (Wildman–Crippen LogP) is 3.58. The van der Waals surface area contributed by atoms with Gasteiger partial charge in [0.1, 0.15) is 11.8 Å². The van der Waals surface area contributed by atoms with E-state index in [-0.39, 0.29) is 12.5 Å². The van der Waals surface area contributed by atoms with Crippen LogP contribution in [0.1, 0.15) is 19.4 Å². The van der Waals surface area contributed by atoms with E-state index in [2.05, 4.69) is 23.1 Å². The molecule has 0 aliphatic heterocycles. The van der Waals surface area contributed by atoms with Gasteiger partial charge in [-0.1, -0.05) is 42.3 Å². The molecule has 27 heavy (non-hydrogen) atoms. The number of carbonyl (C=O) groups excluding carboxylic acids is 2. The number of carbonyl (C=O) groups is 2. The second-order valence-corrected chi connectivity index (χ2v) is 6.72. The van der Waals surface area contributed by atoms with Gasteiger partial charge in [0.2, 0.25) is 5.91 Å². The molecule has 0 fully saturated rings. The molecule has 2 aromatic rings. The number of ether oxygens (including phenoxy) is 1. The molecule has 8 heteroatoms. The topological polar surface area (TPSA) is 79.5 Å². The molecule has 1 atom stereocenters. The van der Waals surface area contributed by atoms with Crippen molar-refractivity contribution in [2.24, 2.45) is 0 Å². The maximum Gasteiger partial charge on any atom is 0.272 e. The van der Waals surface area contributed by atoms with Crippen molar-refractivity contribution in [3.8, 4) is 5.75 Å². The van der Waals surface area contributed by atoms with Crippen molar-refractivity contribution in [1.82, 2.24) is 10.9 Å². The molecule has 0 aliphatic rings. The summed E-state index contributed by atoms with van der Waals surface area (Å²) < 4.78 is 5.40. The average molecular weight is 410 g/mol. The standard InChI is InChI=1S/C19H21Cl2N3O3/c1-3-13-4-6-17(7-5-13)27-11-18(25)24-23-12(2)19(26)22-16-9-14(20)8-15(21)10-16/h4-10,12,23H,3,11H2,1-2H3,(H,22,26)(H,24,25)/t12-/m0/s1. The first-order chi connectivity index (χ1) is 12.9. The number of nitrogens with one attached hydrogen (secondary N) is 3. The van der Waals surface area contributed by atoms with Crippen LogP contribution in [0.4, 0.5) is 5.69 Å². The van der Waals surface area contributed by atoms with Gasteiger partial charge in [-0.05, 0) is 49.2 Å². The van der Waals surface area contributed by atoms with Gasteiger partial charge in [-0.15, -0.1) is 0 Å². The Labute approximate surface area is 168 Å². The number of amides is 2. The lowest BCUT2D eigenvalue weighted by Crippen LogP contribution is -2.49. The zero-order chi connectivity index (χ0) is 19.8. The summed E-state index contributed by atoms with van der Waals surface area (Å²) >= 11 is 11.8. The van der Waals surface area contributed by atoms with E-state index in [0.717, 1.165) is 6.42 Å². The Morgan fingerprint density at radius 2 is 1.70 bits per heavy atom. The van der Waals surface area contributed by atoms with Gasteiger partial charge in [0.25, 0.3) is 5.91 Å². The van der Waals surface area contributed by atoms with E-state index in [0.29, 0.717) is 21.5 Å². The van der Waals surface area contributed by atoms with Crippen molar-refractivity contribution < 1.29 is 14.3 Å². The second-order valence-electron chi connectivity index (χ2n) is 5.85. The van der Waals surface area contributed by atoms with Crippen LogP contribution in [0.25, 0.3) is 0 Å². The lowest BCUT2D eigenvalue weighted by molar-refractivity contribution is -0.125. The largest absolute Gasteiger partial charge is 0.484 e. The lowest BCUT2D eigenvalue weighted by atomic mass is 10.2. The summed E-state index contributed by atoms with van der Waals surface area (Å²) in [6.07, 6.45) is 0.937. The monoisotopic (exact) mass is 409 g/mol. The first kappa shape index (κ1) is 21.0. The highest BCUT2D eigenvalue weighted by Gasteiger charge is 2.14. The summed E-state index contributed by atoms with van der Waals surface area (Å²) in [4.78, 5) is 24.0. The number of hydrogen-bond acceptors (Lipinski definition) is 4. The molecule has 2 amide bonds. The number of benzene rings is 2. The third kappa shape index (κ3) is 7.09. The third-order valence-electron chi connectivity index (χ3n) is 3.65. The van der Waals surface area contributed by atoms with Crippen LogP contribution in [0, 0.1) is 0 Å². The Kier molecular flexibility index (Phi) is 7.91. The summed E-state index contributed by atoms with van der Waals surface area (Å²) in [5, 5.41) is 3.49. The first-order valence-electron chi connectivity index (χ1n) is 8.40. The SMILES string of the molecule is CCc1ccc(OCC(=O)NN[C@@H](C)C(=O)Nc2cc(Cl)cc(Cl)c2)cc1. The molecule has 2 aromatic carbocycles. The average Bonchev–Trinajstić information content (AvgIpc) is 2.63. The smallest absolute Gasteiger partial charge is 0.272 e. The van der Waals surface area contributed by atoms with Crippen molar-refractivity contribution >= 4 is 40.7 Å². The lowest BCUT2D eigenvalue weighted by Gasteiger charge is -2.15. The molecule has 144 valence electrons. The Bertz CT molecular complexity index is 777. The summed E-state index contributed by atoms with van der Waals surface area (Å²) in [7, 11) is 0. The zero-order valence-corrected chi connectivity index (χ0v) is 16.5. The number of anilines is 1. The van der Waals surface area contributed by atoms with Crippen molar-refractivity contribution in [1.29, 1.82) is 0 Å². The van der Waals surface area contributed by atoms with Crippen LogP contribution in [-0.4, -0.2) is 24.5 Å². The summed E-state index contributed by atoms with van der Waals surface area (Å²) in [6.45, 7) is 3.50. The maximum absolute atomic E-state index is 12.1. The molecule has 0 bridgehead atoms. The van der Waals surface area contributed by atoms with E-state index < -0.39 is 11.9 Å². The fourth-order valence-corrected chi connectivity index (χ4v) is 2.66. The number of halogens is 2. The van der Waals surface area contributed by atoms with Crippen LogP contribution >= 0.6 is 23.2 Å². The summed E-state index contributed by atoms with van der Waals surface area (Å²) in [5.41, 5.74) is 6.72. The number of rotatable bonds is 8. The highest BCUT2D eigenvalue weighted by molar-refractivity contribution is 6.35. The van der Waals surface area contributed by atoms with E-state index in [1.807, 2.05) is 24.3 Å². The molecular formula is C19H21Cl2N3O3. The number of hydrogen-bond donors (Lipinski definition) is 3. The fourth-order valence-electron chi connectivity index (χ4n) is 2.14. The zero-order valence-electron chi connectivity index (χ0n) is 15.0. The van der Waals surface area contributed by atoms with Crippen LogP contribution in [0.15, 0.2) is 42.5 Å². The van der Waals surface area contributed by atoms with Gasteiger partial charge in [0.15, 0.2) is 6.61 Å². The summed E-state index contributed by atoms with van der Waals surface area (Å²) in [5.74, 6) is -0.157. The van der Waals surface area contributed by atoms with E-state index in [1.165, 1.54) is 5.56 Å². The van der Waals surface area contributed by atoms with Gasteiger partial charge in [-0.25, -0.2) is 5.43 Å². The van der Waals surface area contributed by atoms with Crippen LogP contribution in [0.5, 0.6) is 5.75 Å². The molecule has 2 rings (SSSR count). The van der Waals surface area contributed by atoms with E-state index in [4.69, 9.17) is 27.9 Å². The minimum atomic E-state index is -0.685. The Morgan fingerprint density at radius 3 is 2.30 bits per heavy atom. The Hall–Kier alpha value is -2.28. The van der Waals surface area contributed by atoms with Crippen molar-refractivity contribution in [2.45, 2.75) is 26.3 Å². The molecular weight excluding hydrogens is 389 g/mol. The van der Waals surface area contributed by atoms with Crippen molar-refractivity contribution in [2.75, 3.05) is 11.9 Å². The first-order valence-corrected chi connectivity index (χ1v) is 9.16. The molecule has 0 radical (unpaired) electrons. The molecule has 0 saturated heterocycles. The summed E-state index contributed by atoms with van der Waals surface area (Å²) in [6, 6.07) is 11.5.